The van der Waals surface area contributed by atoms with Gasteiger partial charge in [0.25, 0.3) is 5.89 Å². The van der Waals surface area contributed by atoms with Gasteiger partial charge in [0.05, 0.1) is 16.1 Å². The highest BCUT2D eigenvalue weighted by Gasteiger charge is 2.37. The van der Waals surface area contributed by atoms with Crippen molar-refractivity contribution in [1.29, 1.82) is 0 Å². The Morgan fingerprint density at radius 3 is 2.63 bits per heavy atom. The van der Waals surface area contributed by atoms with Crippen LogP contribution in [0.25, 0.3) is 10.8 Å². The number of rotatable bonds is 4. The average molecular weight is 405 g/mol. The van der Waals surface area contributed by atoms with E-state index in [1.165, 1.54) is 15.6 Å². The summed E-state index contributed by atoms with van der Waals surface area (Å²) in [4.78, 5) is 5.31. The predicted molar refractivity (Wildman–Crippen MR) is 102 cm³/mol. The molecule has 1 atom stereocenters. The molecule has 4 rings (SSSR count). The molecule has 0 aliphatic carbocycles. The topological polar surface area (TPSA) is 89.2 Å². The summed E-state index contributed by atoms with van der Waals surface area (Å²) in [6.45, 7) is 4.25. The standard InChI is InChI=1S/C18H20N4O3S2/c1-12-6-8-14(9-7-12)27(23,24)22-10-4-3-5-15(22)17-20-21-18(25-17)16-13(2)19-11-26-16/h6-9,11,15H,3-5,10H2,1-2H3/t15-/m0/s1. The van der Waals surface area contributed by atoms with E-state index in [0.717, 1.165) is 29.0 Å². The second-order valence-electron chi connectivity index (χ2n) is 6.65. The van der Waals surface area contributed by atoms with Crippen LogP contribution in [0.5, 0.6) is 0 Å². The summed E-state index contributed by atoms with van der Waals surface area (Å²) in [5.41, 5.74) is 3.57. The molecule has 0 N–H and O–H groups in total. The third-order valence-electron chi connectivity index (χ3n) is 4.75. The quantitative estimate of drug-likeness (QED) is 0.658. The largest absolute Gasteiger partial charge is 0.418 e. The number of benzene rings is 1. The van der Waals surface area contributed by atoms with Gasteiger partial charge in [-0.05, 0) is 38.8 Å². The summed E-state index contributed by atoms with van der Waals surface area (Å²) in [6, 6.07) is 6.47. The van der Waals surface area contributed by atoms with Crippen LogP contribution in [0.2, 0.25) is 0 Å². The number of sulfonamides is 1. The van der Waals surface area contributed by atoms with Crippen LogP contribution in [0.15, 0.2) is 39.1 Å². The molecular weight excluding hydrogens is 384 g/mol. The maximum Gasteiger partial charge on any atom is 0.259 e. The molecule has 7 nitrogen and oxygen atoms in total. The van der Waals surface area contributed by atoms with Crippen LogP contribution in [0.4, 0.5) is 0 Å². The Morgan fingerprint density at radius 1 is 1.15 bits per heavy atom. The Morgan fingerprint density at radius 2 is 1.93 bits per heavy atom. The van der Waals surface area contributed by atoms with Gasteiger partial charge < -0.3 is 4.42 Å². The Kier molecular flexibility index (Phi) is 4.83. The Hall–Kier alpha value is -2.10. The first-order valence-corrected chi connectivity index (χ1v) is 11.1. The van der Waals surface area contributed by atoms with Crippen molar-refractivity contribution in [2.75, 3.05) is 6.54 Å². The van der Waals surface area contributed by atoms with Crippen molar-refractivity contribution >= 4 is 21.4 Å². The van der Waals surface area contributed by atoms with Gasteiger partial charge in [-0.1, -0.05) is 24.1 Å². The predicted octanol–water partition coefficient (Wildman–Crippen LogP) is 3.73. The van der Waals surface area contributed by atoms with Gasteiger partial charge in [0, 0.05) is 6.54 Å². The van der Waals surface area contributed by atoms with Gasteiger partial charge in [0.1, 0.15) is 10.9 Å². The summed E-state index contributed by atoms with van der Waals surface area (Å²) in [6.07, 6.45) is 2.40. The number of piperidine rings is 1. The van der Waals surface area contributed by atoms with Crippen molar-refractivity contribution in [2.24, 2.45) is 0 Å². The molecule has 0 unspecified atom stereocenters. The van der Waals surface area contributed by atoms with Crippen LogP contribution in [0.1, 0.15) is 42.5 Å². The van der Waals surface area contributed by atoms with Crippen molar-refractivity contribution in [1.82, 2.24) is 19.5 Å². The molecule has 0 amide bonds. The van der Waals surface area contributed by atoms with Crippen molar-refractivity contribution < 1.29 is 12.8 Å². The molecule has 1 aromatic carbocycles. The summed E-state index contributed by atoms with van der Waals surface area (Å²) in [5, 5.41) is 8.29. The van der Waals surface area contributed by atoms with E-state index in [4.69, 9.17) is 4.42 Å². The van der Waals surface area contributed by atoms with Crippen molar-refractivity contribution in [3.8, 4) is 10.8 Å². The minimum atomic E-state index is -3.63. The highest BCUT2D eigenvalue weighted by Crippen LogP contribution is 2.36. The van der Waals surface area contributed by atoms with Crippen LogP contribution in [0.3, 0.4) is 0 Å². The Labute approximate surface area is 162 Å². The SMILES string of the molecule is Cc1ccc(S(=O)(=O)N2CCCC[C@H]2c2nnc(-c3scnc3C)o2)cc1. The highest BCUT2D eigenvalue weighted by atomic mass is 32.2. The van der Waals surface area contributed by atoms with Gasteiger partial charge in [-0.2, -0.15) is 4.31 Å². The fraction of sp³-hybridized carbons (Fsp3) is 0.389. The summed E-state index contributed by atoms with van der Waals surface area (Å²) in [7, 11) is -3.63. The molecule has 1 fully saturated rings. The summed E-state index contributed by atoms with van der Waals surface area (Å²) >= 11 is 1.43. The van der Waals surface area contributed by atoms with E-state index in [1.54, 1.807) is 17.6 Å². The zero-order valence-corrected chi connectivity index (χ0v) is 16.8. The molecule has 0 saturated carbocycles. The van der Waals surface area contributed by atoms with Crippen LogP contribution < -0.4 is 0 Å². The molecule has 1 saturated heterocycles. The van der Waals surface area contributed by atoms with Crippen LogP contribution in [-0.2, 0) is 10.0 Å². The number of aromatic nitrogens is 3. The van der Waals surface area contributed by atoms with E-state index in [2.05, 4.69) is 15.2 Å². The first-order valence-electron chi connectivity index (χ1n) is 8.79. The van der Waals surface area contributed by atoms with Crippen molar-refractivity contribution in [3.63, 3.8) is 0 Å². The van der Waals surface area contributed by atoms with Gasteiger partial charge >= 0.3 is 0 Å². The Balaban J connectivity index is 1.68. The lowest BCUT2D eigenvalue weighted by atomic mass is 10.1. The average Bonchev–Trinajstić information content (AvgIpc) is 3.31. The zero-order chi connectivity index (χ0) is 19.0. The molecule has 1 aliphatic heterocycles. The molecule has 2 aromatic heterocycles. The minimum absolute atomic E-state index is 0.290. The number of thiazole rings is 1. The molecule has 3 aromatic rings. The van der Waals surface area contributed by atoms with Gasteiger partial charge in [0.15, 0.2) is 0 Å². The maximum atomic E-state index is 13.2. The van der Waals surface area contributed by atoms with Crippen LogP contribution in [-0.4, -0.2) is 34.4 Å². The first kappa shape index (κ1) is 18.3. The van der Waals surface area contributed by atoms with E-state index in [0.29, 0.717) is 24.7 Å². The smallest absolute Gasteiger partial charge is 0.259 e. The second-order valence-corrected chi connectivity index (χ2v) is 9.40. The van der Waals surface area contributed by atoms with Crippen LogP contribution in [0, 0.1) is 13.8 Å². The molecule has 0 bridgehead atoms. The first-order chi connectivity index (χ1) is 13.0. The minimum Gasteiger partial charge on any atom is -0.418 e. The normalized spacial score (nSPS) is 18.7. The van der Waals surface area contributed by atoms with E-state index < -0.39 is 16.1 Å². The van der Waals surface area contributed by atoms with E-state index in [1.807, 2.05) is 26.0 Å². The summed E-state index contributed by atoms with van der Waals surface area (Å²) in [5.74, 6) is 0.733. The van der Waals surface area contributed by atoms with E-state index >= 15 is 0 Å². The third kappa shape index (κ3) is 3.42. The monoisotopic (exact) mass is 404 g/mol. The van der Waals surface area contributed by atoms with Crippen molar-refractivity contribution in [3.05, 3.63) is 46.9 Å². The van der Waals surface area contributed by atoms with Crippen molar-refractivity contribution in [2.45, 2.75) is 44.0 Å². The van der Waals surface area contributed by atoms with E-state index in [-0.39, 0.29) is 4.90 Å². The molecule has 0 radical (unpaired) electrons. The molecule has 9 heteroatoms. The molecular formula is C18H20N4O3S2. The number of nitrogens with zero attached hydrogens (tertiary/aromatic N) is 4. The lowest BCUT2D eigenvalue weighted by molar-refractivity contribution is 0.220. The highest BCUT2D eigenvalue weighted by molar-refractivity contribution is 7.89. The molecule has 3 heterocycles. The fourth-order valence-electron chi connectivity index (χ4n) is 3.25. The van der Waals surface area contributed by atoms with Gasteiger partial charge in [-0.3, -0.25) is 0 Å². The molecule has 27 heavy (non-hydrogen) atoms. The number of hydrogen-bond acceptors (Lipinski definition) is 7. The lowest BCUT2D eigenvalue weighted by Gasteiger charge is -2.32. The molecule has 0 spiro atoms. The summed E-state index contributed by atoms with van der Waals surface area (Å²) < 4.78 is 33.8. The lowest BCUT2D eigenvalue weighted by Crippen LogP contribution is -2.38. The van der Waals surface area contributed by atoms with Gasteiger partial charge in [-0.25, -0.2) is 13.4 Å². The molecule has 142 valence electrons. The van der Waals surface area contributed by atoms with Gasteiger partial charge in [-0.15, -0.1) is 21.5 Å². The Bertz CT molecular complexity index is 1040. The molecule has 1 aliphatic rings. The second kappa shape index (κ2) is 7.14. The fourth-order valence-corrected chi connectivity index (χ4v) is 5.63. The number of hydrogen-bond donors (Lipinski definition) is 0. The number of aryl methyl sites for hydroxylation is 2. The zero-order valence-electron chi connectivity index (χ0n) is 15.1. The van der Waals surface area contributed by atoms with Crippen LogP contribution >= 0.6 is 11.3 Å². The maximum absolute atomic E-state index is 13.2. The van der Waals surface area contributed by atoms with E-state index in [9.17, 15) is 8.42 Å². The third-order valence-corrected chi connectivity index (χ3v) is 7.59. The van der Waals surface area contributed by atoms with Gasteiger partial charge in [0.2, 0.25) is 15.9 Å².